The minimum Gasteiger partial charge on any atom is -0.480 e. The lowest BCUT2D eigenvalue weighted by Crippen LogP contribution is -2.56. The highest BCUT2D eigenvalue weighted by atomic mass is 32.1. The Hall–Kier alpha value is -1.43. The number of hydrogen-bond acceptors (Lipinski definition) is 4. The molecule has 1 aliphatic rings. The van der Waals surface area contributed by atoms with E-state index >= 15 is 0 Å². The molecule has 0 bridgehead atoms. The molecule has 21 heavy (non-hydrogen) atoms. The zero-order valence-corrected chi connectivity index (χ0v) is 13.3. The second kappa shape index (κ2) is 6.56. The summed E-state index contributed by atoms with van der Waals surface area (Å²) in [6.07, 6.45) is 6.02. The van der Waals surface area contributed by atoms with Crippen molar-refractivity contribution < 1.29 is 14.7 Å². The Kier molecular flexibility index (Phi) is 4.98. The van der Waals surface area contributed by atoms with Crippen molar-refractivity contribution in [2.45, 2.75) is 57.9 Å². The van der Waals surface area contributed by atoms with Crippen LogP contribution in [-0.4, -0.2) is 27.5 Å². The van der Waals surface area contributed by atoms with Gasteiger partial charge in [-0.15, -0.1) is 11.3 Å². The first-order valence-corrected chi connectivity index (χ1v) is 8.29. The van der Waals surface area contributed by atoms with E-state index in [1.807, 2.05) is 0 Å². The van der Waals surface area contributed by atoms with Gasteiger partial charge in [-0.2, -0.15) is 0 Å². The van der Waals surface area contributed by atoms with Crippen molar-refractivity contribution in [1.29, 1.82) is 0 Å². The van der Waals surface area contributed by atoms with Crippen LogP contribution in [0.5, 0.6) is 0 Å². The number of carbonyl (C=O) groups is 2. The van der Waals surface area contributed by atoms with Crippen molar-refractivity contribution in [1.82, 2.24) is 10.3 Å². The van der Waals surface area contributed by atoms with Gasteiger partial charge in [0.2, 0.25) is 0 Å². The molecule has 0 atom stereocenters. The van der Waals surface area contributed by atoms with Gasteiger partial charge in [0.1, 0.15) is 10.4 Å². The molecule has 0 aliphatic heterocycles. The molecule has 2 N–H and O–H groups in total. The lowest BCUT2D eigenvalue weighted by atomic mass is 9.77. The van der Waals surface area contributed by atoms with Gasteiger partial charge < -0.3 is 10.4 Å². The predicted octanol–water partition coefficient (Wildman–Crippen LogP) is 2.86. The lowest BCUT2D eigenvalue weighted by molar-refractivity contribution is -0.146. The molecule has 1 aliphatic carbocycles. The zero-order chi connectivity index (χ0) is 15.5. The molecule has 5 nitrogen and oxygen atoms in total. The SMILES string of the molecule is CCCc1ncc(C(=O)NC2(C(=O)O)CCC(C)CC2)s1. The molecule has 1 aromatic heterocycles. The summed E-state index contributed by atoms with van der Waals surface area (Å²) in [7, 11) is 0. The van der Waals surface area contributed by atoms with Crippen LogP contribution in [0.2, 0.25) is 0 Å². The molecular weight excluding hydrogens is 288 g/mol. The summed E-state index contributed by atoms with van der Waals surface area (Å²) in [4.78, 5) is 28.7. The summed E-state index contributed by atoms with van der Waals surface area (Å²) in [6.45, 7) is 4.18. The first-order chi connectivity index (χ1) is 9.97. The number of carboxylic acid groups (broad SMARTS) is 1. The van der Waals surface area contributed by atoms with Crippen molar-refractivity contribution in [3.8, 4) is 0 Å². The maximum Gasteiger partial charge on any atom is 0.329 e. The smallest absolute Gasteiger partial charge is 0.329 e. The van der Waals surface area contributed by atoms with E-state index in [0.29, 0.717) is 23.6 Å². The first kappa shape index (κ1) is 15.9. The van der Waals surface area contributed by atoms with Gasteiger partial charge in [0.15, 0.2) is 0 Å². The molecule has 6 heteroatoms. The molecule has 1 heterocycles. The van der Waals surface area contributed by atoms with E-state index in [9.17, 15) is 14.7 Å². The highest BCUT2D eigenvalue weighted by molar-refractivity contribution is 7.13. The van der Waals surface area contributed by atoms with Gasteiger partial charge in [-0.25, -0.2) is 9.78 Å². The van der Waals surface area contributed by atoms with Gasteiger partial charge in [0.05, 0.1) is 11.2 Å². The van der Waals surface area contributed by atoms with Crippen molar-refractivity contribution >= 4 is 23.2 Å². The lowest BCUT2D eigenvalue weighted by Gasteiger charge is -2.36. The second-order valence-corrected chi connectivity index (χ2v) is 7.01. The average molecular weight is 310 g/mol. The molecule has 116 valence electrons. The summed E-state index contributed by atoms with van der Waals surface area (Å²) >= 11 is 1.35. The monoisotopic (exact) mass is 310 g/mol. The van der Waals surface area contributed by atoms with Crippen molar-refractivity contribution in [2.24, 2.45) is 5.92 Å². The Labute approximate surface area is 128 Å². The highest BCUT2D eigenvalue weighted by Crippen LogP contribution is 2.32. The van der Waals surface area contributed by atoms with E-state index in [1.54, 1.807) is 6.20 Å². The molecule has 0 unspecified atom stereocenters. The molecule has 1 aromatic rings. The van der Waals surface area contributed by atoms with E-state index in [0.717, 1.165) is 30.7 Å². The normalized spacial score (nSPS) is 25.5. The van der Waals surface area contributed by atoms with Gasteiger partial charge in [-0.3, -0.25) is 4.79 Å². The number of hydrogen-bond donors (Lipinski definition) is 2. The van der Waals surface area contributed by atoms with Crippen LogP contribution in [0, 0.1) is 5.92 Å². The first-order valence-electron chi connectivity index (χ1n) is 7.47. The van der Waals surface area contributed by atoms with Crippen LogP contribution in [0.1, 0.15) is 60.6 Å². The summed E-state index contributed by atoms with van der Waals surface area (Å²) in [5.41, 5.74) is -1.11. The van der Waals surface area contributed by atoms with Crippen LogP contribution in [0.25, 0.3) is 0 Å². The molecule has 0 saturated heterocycles. The number of aromatic nitrogens is 1. The topological polar surface area (TPSA) is 79.3 Å². The molecule has 1 saturated carbocycles. The Balaban J connectivity index is 2.09. The number of carbonyl (C=O) groups excluding carboxylic acids is 1. The third-order valence-corrected chi connectivity index (χ3v) is 5.19. The van der Waals surface area contributed by atoms with Crippen molar-refractivity contribution in [2.75, 3.05) is 0 Å². The van der Waals surface area contributed by atoms with Crippen LogP contribution < -0.4 is 5.32 Å². The van der Waals surface area contributed by atoms with Crippen LogP contribution in [0.4, 0.5) is 0 Å². The fourth-order valence-corrected chi connectivity index (χ4v) is 3.59. The number of thiazole rings is 1. The van der Waals surface area contributed by atoms with Gasteiger partial charge in [-0.05, 0) is 44.4 Å². The maximum atomic E-state index is 12.3. The van der Waals surface area contributed by atoms with Gasteiger partial charge in [-0.1, -0.05) is 13.8 Å². The molecule has 2 rings (SSSR count). The molecule has 0 spiro atoms. The molecule has 1 amide bonds. The van der Waals surface area contributed by atoms with Gasteiger partial charge in [0, 0.05) is 0 Å². The number of amides is 1. The van der Waals surface area contributed by atoms with E-state index in [4.69, 9.17) is 0 Å². The average Bonchev–Trinajstić information content (AvgIpc) is 2.90. The fourth-order valence-electron chi connectivity index (χ4n) is 2.67. The number of aliphatic carboxylic acids is 1. The zero-order valence-electron chi connectivity index (χ0n) is 12.5. The van der Waals surface area contributed by atoms with Crippen LogP contribution in [0.15, 0.2) is 6.20 Å². The van der Waals surface area contributed by atoms with E-state index < -0.39 is 11.5 Å². The standard InChI is InChI=1S/C15H22N2O3S/c1-3-4-12-16-9-11(21-12)13(18)17-15(14(19)20)7-5-10(2)6-8-15/h9-10H,3-8H2,1-2H3,(H,17,18)(H,19,20). The Morgan fingerprint density at radius 2 is 2.14 bits per heavy atom. The minimum atomic E-state index is -1.11. The number of aryl methyl sites for hydroxylation is 1. The third kappa shape index (κ3) is 3.61. The molecule has 0 radical (unpaired) electrons. The molecular formula is C15H22N2O3S. The van der Waals surface area contributed by atoms with Crippen molar-refractivity contribution in [3.05, 3.63) is 16.1 Å². The number of nitrogens with one attached hydrogen (secondary N) is 1. The van der Waals surface area contributed by atoms with Crippen LogP contribution in [-0.2, 0) is 11.2 Å². The van der Waals surface area contributed by atoms with E-state index in [1.165, 1.54) is 11.3 Å². The van der Waals surface area contributed by atoms with Crippen LogP contribution >= 0.6 is 11.3 Å². The maximum absolute atomic E-state index is 12.3. The van der Waals surface area contributed by atoms with Gasteiger partial charge >= 0.3 is 5.97 Å². The summed E-state index contributed by atoms with van der Waals surface area (Å²) < 4.78 is 0. The second-order valence-electron chi connectivity index (χ2n) is 5.89. The van der Waals surface area contributed by atoms with Gasteiger partial charge in [0.25, 0.3) is 5.91 Å². The van der Waals surface area contributed by atoms with E-state index in [-0.39, 0.29) is 5.91 Å². The Morgan fingerprint density at radius 3 is 2.71 bits per heavy atom. The highest BCUT2D eigenvalue weighted by Gasteiger charge is 2.42. The number of rotatable bonds is 5. The van der Waals surface area contributed by atoms with E-state index in [2.05, 4.69) is 24.1 Å². The summed E-state index contributed by atoms with van der Waals surface area (Å²) in [6, 6.07) is 0. The number of carboxylic acids is 1. The largest absolute Gasteiger partial charge is 0.480 e. The Bertz CT molecular complexity index is 519. The quantitative estimate of drug-likeness (QED) is 0.876. The predicted molar refractivity (Wildman–Crippen MR) is 81.6 cm³/mol. The van der Waals surface area contributed by atoms with Crippen LogP contribution in [0.3, 0.4) is 0 Å². The summed E-state index contributed by atoms with van der Waals surface area (Å²) in [5.74, 6) is -0.721. The minimum absolute atomic E-state index is 0.313. The number of nitrogens with zero attached hydrogens (tertiary/aromatic N) is 1. The molecule has 0 aromatic carbocycles. The molecule has 1 fully saturated rings. The fraction of sp³-hybridized carbons (Fsp3) is 0.667. The third-order valence-electron chi connectivity index (χ3n) is 4.13. The van der Waals surface area contributed by atoms with Crippen molar-refractivity contribution in [3.63, 3.8) is 0 Å². The summed E-state index contributed by atoms with van der Waals surface area (Å²) in [5, 5.41) is 13.2. The Morgan fingerprint density at radius 1 is 1.48 bits per heavy atom.